The molecule has 2 heterocycles. The van der Waals surface area contributed by atoms with Crippen LogP contribution in [0.25, 0.3) is 0 Å². The van der Waals surface area contributed by atoms with E-state index in [-0.39, 0.29) is 0 Å². The Balaban J connectivity index is 1.58. The van der Waals surface area contributed by atoms with Gasteiger partial charge in [-0.1, -0.05) is 6.07 Å². The molecule has 1 aliphatic rings. The van der Waals surface area contributed by atoms with Crippen molar-refractivity contribution in [3.8, 4) is 17.4 Å². The summed E-state index contributed by atoms with van der Waals surface area (Å²) in [5.74, 6) is 2.04. The Labute approximate surface area is 139 Å². The number of nitrogens with zero attached hydrogens (tertiary/aromatic N) is 1. The minimum absolute atomic E-state index is 0.492. The van der Waals surface area contributed by atoms with Crippen molar-refractivity contribution in [2.75, 3.05) is 25.6 Å². The van der Waals surface area contributed by atoms with Crippen LogP contribution in [0, 0.1) is 0 Å². The van der Waals surface area contributed by atoms with Gasteiger partial charge in [0.15, 0.2) is 16.6 Å². The minimum Gasteiger partial charge on any atom is -0.486 e. The molecular weight excluding hydrogens is 314 g/mol. The van der Waals surface area contributed by atoms with E-state index in [9.17, 15) is 0 Å². The number of fused-ring (bicyclic) bond motifs is 1. The molecule has 0 bridgehead atoms. The van der Waals surface area contributed by atoms with E-state index in [4.69, 9.17) is 26.4 Å². The Bertz CT molecular complexity index is 709. The molecule has 0 fully saturated rings. The molecule has 0 radical (unpaired) electrons. The van der Waals surface area contributed by atoms with Gasteiger partial charge >= 0.3 is 0 Å². The molecule has 0 unspecified atom stereocenters. The first-order chi connectivity index (χ1) is 11.3. The Morgan fingerprint density at radius 1 is 1.26 bits per heavy atom. The molecule has 120 valence electrons. The number of nitrogens with one attached hydrogen (secondary N) is 2. The zero-order valence-corrected chi connectivity index (χ0v) is 13.5. The lowest BCUT2D eigenvalue weighted by Gasteiger charge is -2.19. The van der Waals surface area contributed by atoms with Crippen LogP contribution in [0.3, 0.4) is 0 Å². The van der Waals surface area contributed by atoms with E-state index >= 15 is 0 Å². The fourth-order valence-electron chi connectivity index (χ4n) is 2.20. The third-order valence-corrected chi connectivity index (χ3v) is 3.52. The van der Waals surface area contributed by atoms with Crippen molar-refractivity contribution in [3.05, 3.63) is 42.1 Å². The lowest BCUT2D eigenvalue weighted by molar-refractivity contribution is 0.171. The Hall–Kier alpha value is -2.54. The zero-order chi connectivity index (χ0) is 16.1. The van der Waals surface area contributed by atoms with Crippen LogP contribution in [0.4, 0.5) is 5.69 Å². The molecule has 1 aromatic heterocycles. The Morgan fingerprint density at radius 3 is 2.91 bits per heavy atom. The second-order valence-electron chi connectivity index (χ2n) is 4.85. The maximum Gasteiger partial charge on any atom is 0.237 e. The molecule has 0 amide bonds. The molecule has 6 nitrogen and oxygen atoms in total. The summed E-state index contributed by atoms with van der Waals surface area (Å²) in [5.41, 5.74) is 1.77. The van der Waals surface area contributed by atoms with Gasteiger partial charge in [-0.15, -0.1) is 0 Å². The molecule has 7 heteroatoms. The van der Waals surface area contributed by atoms with Crippen LogP contribution in [-0.4, -0.2) is 30.4 Å². The summed E-state index contributed by atoms with van der Waals surface area (Å²) in [7, 11) is 1.57. The molecule has 0 aliphatic carbocycles. The van der Waals surface area contributed by atoms with Crippen molar-refractivity contribution in [2.24, 2.45) is 0 Å². The zero-order valence-electron chi connectivity index (χ0n) is 12.7. The van der Waals surface area contributed by atoms with Crippen LogP contribution in [0.15, 0.2) is 36.5 Å². The maximum atomic E-state index is 5.57. The van der Waals surface area contributed by atoms with Crippen LogP contribution in [0.5, 0.6) is 17.4 Å². The van der Waals surface area contributed by atoms with Crippen molar-refractivity contribution in [3.63, 3.8) is 0 Å². The highest BCUT2D eigenvalue weighted by molar-refractivity contribution is 7.80. The number of ether oxygens (including phenoxy) is 3. The van der Waals surface area contributed by atoms with Crippen molar-refractivity contribution in [1.29, 1.82) is 0 Å². The predicted octanol–water partition coefficient (Wildman–Crippen LogP) is 2.35. The highest BCUT2D eigenvalue weighted by Gasteiger charge is 2.12. The standard InChI is InChI=1S/C16H17N3O3S/c1-20-15-12(3-2-6-17-15)19-16(23)18-10-11-4-5-13-14(9-11)22-8-7-21-13/h2-6,9H,7-8,10H2,1H3,(H2,18,19,23). The highest BCUT2D eigenvalue weighted by Crippen LogP contribution is 2.30. The molecule has 0 saturated heterocycles. The van der Waals surface area contributed by atoms with E-state index in [1.165, 1.54) is 0 Å². The second-order valence-corrected chi connectivity index (χ2v) is 5.25. The average Bonchev–Trinajstić information content (AvgIpc) is 2.60. The number of anilines is 1. The number of methoxy groups -OCH3 is 1. The predicted molar refractivity (Wildman–Crippen MR) is 91.3 cm³/mol. The molecule has 2 N–H and O–H groups in total. The number of aromatic nitrogens is 1. The van der Waals surface area contributed by atoms with Gasteiger partial charge in [0.05, 0.1) is 7.11 Å². The molecule has 0 spiro atoms. The van der Waals surface area contributed by atoms with Crippen LogP contribution in [-0.2, 0) is 6.54 Å². The topological polar surface area (TPSA) is 64.6 Å². The third-order valence-electron chi connectivity index (χ3n) is 3.27. The highest BCUT2D eigenvalue weighted by atomic mass is 32.1. The second kappa shape index (κ2) is 7.15. The van der Waals surface area contributed by atoms with Crippen molar-refractivity contribution < 1.29 is 14.2 Å². The van der Waals surface area contributed by atoms with Crippen LogP contribution < -0.4 is 24.8 Å². The number of pyridine rings is 1. The quantitative estimate of drug-likeness (QED) is 0.834. The minimum atomic E-state index is 0.492. The van der Waals surface area contributed by atoms with Gasteiger partial charge in [-0.25, -0.2) is 4.98 Å². The fourth-order valence-corrected chi connectivity index (χ4v) is 2.38. The van der Waals surface area contributed by atoms with Gasteiger partial charge in [0.2, 0.25) is 5.88 Å². The molecule has 1 aromatic carbocycles. The van der Waals surface area contributed by atoms with Crippen molar-refractivity contribution in [2.45, 2.75) is 6.54 Å². The largest absolute Gasteiger partial charge is 0.486 e. The fraction of sp³-hybridized carbons (Fsp3) is 0.250. The molecule has 2 aromatic rings. The maximum absolute atomic E-state index is 5.57. The number of hydrogen-bond acceptors (Lipinski definition) is 5. The molecule has 3 rings (SSSR count). The number of hydrogen-bond donors (Lipinski definition) is 2. The number of benzene rings is 1. The lowest BCUT2D eigenvalue weighted by Crippen LogP contribution is -2.28. The summed E-state index contributed by atoms with van der Waals surface area (Å²) in [6.45, 7) is 1.74. The number of thiocarbonyl (C=S) groups is 1. The van der Waals surface area contributed by atoms with E-state index in [2.05, 4.69) is 15.6 Å². The first kappa shape index (κ1) is 15.4. The van der Waals surface area contributed by atoms with Gasteiger partial charge in [0.25, 0.3) is 0 Å². The van der Waals surface area contributed by atoms with Crippen molar-refractivity contribution in [1.82, 2.24) is 10.3 Å². The summed E-state index contributed by atoms with van der Waals surface area (Å²) in [6.07, 6.45) is 1.66. The summed E-state index contributed by atoms with van der Waals surface area (Å²) >= 11 is 5.30. The van der Waals surface area contributed by atoms with Gasteiger partial charge in [-0.2, -0.15) is 0 Å². The van der Waals surface area contributed by atoms with E-state index in [1.807, 2.05) is 30.3 Å². The summed E-state index contributed by atoms with van der Waals surface area (Å²) in [5, 5.41) is 6.71. The van der Waals surface area contributed by atoms with E-state index < -0.39 is 0 Å². The first-order valence-electron chi connectivity index (χ1n) is 7.18. The molecular formula is C16H17N3O3S. The van der Waals surface area contributed by atoms with Gasteiger partial charge in [0.1, 0.15) is 18.9 Å². The Kier molecular flexibility index (Phi) is 4.77. The van der Waals surface area contributed by atoms with Gasteiger partial charge < -0.3 is 24.8 Å². The van der Waals surface area contributed by atoms with Crippen LogP contribution in [0.2, 0.25) is 0 Å². The Morgan fingerprint density at radius 2 is 2.09 bits per heavy atom. The molecule has 0 atom stereocenters. The van der Waals surface area contributed by atoms with Gasteiger partial charge in [-0.3, -0.25) is 0 Å². The SMILES string of the molecule is COc1ncccc1NC(=S)NCc1ccc2c(c1)OCCO2. The smallest absolute Gasteiger partial charge is 0.237 e. The van der Waals surface area contributed by atoms with E-state index in [0.717, 1.165) is 22.7 Å². The van der Waals surface area contributed by atoms with Crippen LogP contribution >= 0.6 is 12.2 Å². The summed E-state index contributed by atoms with van der Waals surface area (Å²) < 4.78 is 16.3. The average molecular weight is 331 g/mol. The monoisotopic (exact) mass is 331 g/mol. The molecule has 1 aliphatic heterocycles. The summed E-state index contributed by atoms with van der Waals surface area (Å²) in [6, 6.07) is 9.51. The van der Waals surface area contributed by atoms with Crippen molar-refractivity contribution >= 4 is 23.0 Å². The van der Waals surface area contributed by atoms with Crippen LogP contribution in [0.1, 0.15) is 5.56 Å². The normalized spacial score (nSPS) is 12.4. The van der Waals surface area contributed by atoms with Gasteiger partial charge in [-0.05, 0) is 42.0 Å². The third kappa shape index (κ3) is 3.81. The lowest BCUT2D eigenvalue weighted by atomic mass is 10.2. The van der Waals surface area contributed by atoms with Gasteiger partial charge in [0, 0.05) is 12.7 Å². The van der Waals surface area contributed by atoms with E-state index in [1.54, 1.807) is 13.3 Å². The first-order valence-corrected chi connectivity index (χ1v) is 7.59. The number of rotatable bonds is 4. The molecule has 23 heavy (non-hydrogen) atoms. The van der Waals surface area contributed by atoms with E-state index in [0.29, 0.717) is 30.8 Å². The summed E-state index contributed by atoms with van der Waals surface area (Å²) in [4.78, 5) is 4.11. The molecule has 0 saturated carbocycles.